The summed E-state index contributed by atoms with van der Waals surface area (Å²) in [6.45, 7) is 13.7. The van der Waals surface area contributed by atoms with E-state index >= 15 is 0 Å². The Bertz CT molecular complexity index is 985. The molecule has 0 radical (unpaired) electrons. The molecule has 13 nitrogen and oxygen atoms in total. The van der Waals surface area contributed by atoms with Gasteiger partial charge in [0.1, 0.15) is 6.61 Å². The van der Waals surface area contributed by atoms with Gasteiger partial charge >= 0.3 is 139 Å². The molecule has 2 aliphatic rings. The summed E-state index contributed by atoms with van der Waals surface area (Å²) in [7, 11) is 1.64. The van der Waals surface area contributed by atoms with E-state index in [1.54, 1.807) is 14.0 Å². The minimum absolute atomic E-state index is 0.0186. The summed E-state index contributed by atoms with van der Waals surface area (Å²) < 4.78 is 60.0. The predicted molar refractivity (Wildman–Crippen MR) is 163 cm³/mol. The first-order chi connectivity index (χ1) is 22.2. The molecule has 3 atom stereocenters. The first kappa shape index (κ1) is 40.5. The summed E-state index contributed by atoms with van der Waals surface area (Å²) in [6, 6.07) is 0. The van der Waals surface area contributed by atoms with Crippen LogP contribution in [-0.2, 0) is 77.3 Å². The molecule has 0 aromatic rings. The molecule has 0 saturated carbocycles. The number of esters is 2. The normalized spacial score (nSPS) is 21.2. The summed E-state index contributed by atoms with van der Waals surface area (Å²) in [4.78, 5) is 24.7. The third-order valence-corrected chi connectivity index (χ3v) is 7.73. The van der Waals surface area contributed by atoms with Gasteiger partial charge in [-0.2, -0.15) is 0 Å². The van der Waals surface area contributed by atoms with E-state index in [9.17, 15) is 9.59 Å². The van der Waals surface area contributed by atoms with Crippen LogP contribution in [0.3, 0.4) is 0 Å². The van der Waals surface area contributed by atoms with Gasteiger partial charge in [0.15, 0.2) is 0 Å². The summed E-state index contributed by atoms with van der Waals surface area (Å²) >= 11 is 2.95. The van der Waals surface area contributed by atoms with Crippen molar-refractivity contribution in [2.75, 3.05) is 106 Å². The van der Waals surface area contributed by atoms with E-state index in [0.717, 1.165) is 21.8 Å². The maximum absolute atomic E-state index is 13.0. The second-order valence-electron chi connectivity index (χ2n) is 10.9. The number of hydrogen-bond acceptors (Lipinski definition) is 13. The summed E-state index contributed by atoms with van der Waals surface area (Å²) in [5, 5.41) is 1.15. The molecule has 0 bridgehead atoms. The Kier molecular flexibility index (Phi) is 20.7. The zero-order chi connectivity index (χ0) is 33.6. The van der Waals surface area contributed by atoms with Crippen LogP contribution < -0.4 is 0 Å². The molecule has 0 aromatic heterocycles. The number of allylic oxidation sites excluding steroid dienone is 1. The summed E-state index contributed by atoms with van der Waals surface area (Å²) in [6.07, 6.45) is 0.838. The minimum atomic E-state index is -1.11. The average Bonchev–Trinajstić information content (AvgIpc) is 3.04. The molecule has 0 amide bonds. The zero-order valence-corrected chi connectivity index (χ0v) is 29.1. The van der Waals surface area contributed by atoms with Gasteiger partial charge in [0.05, 0.1) is 85.9 Å². The Balaban J connectivity index is 1.51. The van der Waals surface area contributed by atoms with E-state index in [2.05, 4.69) is 15.6 Å². The van der Waals surface area contributed by atoms with Crippen molar-refractivity contribution in [3.8, 4) is 0 Å². The van der Waals surface area contributed by atoms with E-state index < -0.39 is 17.5 Å². The van der Waals surface area contributed by atoms with Gasteiger partial charge in [-0.05, 0) is 0 Å². The Labute approximate surface area is 280 Å². The molecule has 265 valence electrons. The molecule has 0 aromatic carbocycles. The van der Waals surface area contributed by atoms with Crippen molar-refractivity contribution < 1.29 is 77.3 Å². The maximum atomic E-state index is 13.0. The average molecular weight is 700 g/mol. The van der Waals surface area contributed by atoms with Crippen molar-refractivity contribution in [2.45, 2.75) is 52.2 Å². The topological polar surface area (TPSA) is 136 Å². The van der Waals surface area contributed by atoms with E-state index in [0.29, 0.717) is 97.9 Å². The fraction of sp³-hybridized carbons (Fsp3) is 0.781. The Morgan fingerprint density at radius 3 is 1.78 bits per heavy atom. The van der Waals surface area contributed by atoms with Gasteiger partial charge in [-0.15, -0.1) is 0 Å². The van der Waals surface area contributed by atoms with Crippen LogP contribution in [0.25, 0.3) is 0 Å². The van der Waals surface area contributed by atoms with Crippen LogP contribution in [0, 0.1) is 5.92 Å². The van der Waals surface area contributed by atoms with Crippen LogP contribution in [0.2, 0.25) is 0 Å². The van der Waals surface area contributed by atoms with E-state index in [1.807, 2.05) is 20.8 Å². The molecule has 2 rings (SSSR count). The number of ether oxygens (including phenoxy) is 11. The van der Waals surface area contributed by atoms with Gasteiger partial charge in [-0.25, -0.2) is 4.79 Å². The van der Waals surface area contributed by atoms with Crippen LogP contribution in [0.4, 0.5) is 0 Å². The molecular weight excluding hydrogens is 647 g/mol. The van der Waals surface area contributed by atoms with Gasteiger partial charge in [0, 0.05) is 7.11 Å². The zero-order valence-electron chi connectivity index (χ0n) is 27.9. The van der Waals surface area contributed by atoms with Gasteiger partial charge in [0.2, 0.25) is 0 Å². The van der Waals surface area contributed by atoms with E-state index in [1.165, 1.54) is 0 Å². The number of carbonyl (C=O) groups is 2. The van der Waals surface area contributed by atoms with Gasteiger partial charge in [0.25, 0.3) is 0 Å². The van der Waals surface area contributed by atoms with E-state index in [4.69, 9.17) is 52.1 Å². The number of rotatable bonds is 26. The molecule has 1 heterocycles. The molecule has 0 spiro atoms. The number of hydrogen-bond donors (Lipinski definition) is 0. The van der Waals surface area contributed by atoms with Crippen molar-refractivity contribution in [3.05, 3.63) is 22.5 Å². The Morgan fingerprint density at radius 1 is 0.826 bits per heavy atom. The Hall–Kier alpha value is -1.71. The SMILES string of the molecule is COCCOCCOCCOCCOCCOCCOCCOC(=O)C1(C)CCC2=C(O1)C(C)=C(C)C(OCC(=O)O[CH]=[Mn])C2C. The third-order valence-electron chi connectivity index (χ3n) is 7.59. The second kappa shape index (κ2) is 23.6. The van der Waals surface area contributed by atoms with E-state index in [-0.39, 0.29) is 31.8 Å². The standard InChI is InChI=1S/C32H52O13.Mn/c1-24-25(2)30-27(26(3)29(24)44-23-28(33)36-6)7-8-32(4,45-30)31(34)43-22-21-42-20-19-41-18-17-40-16-15-39-14-13-38-12-11-37-10-9-35-5;/h6,26,29H,7-23H2,1-5H3;. The van der Waals surface area contributed by atoms with Gasteiger partial charge in [-0.3, -0.25) is 0 Å². The monoisotopic (exact) mass is 699 g/mol. The van der Waals surface area contributed by atoms with Crippen molar-refractivity contribution in [2.24, 2.45) is 5.92 Å². The van der Waals surface area contributed by atoms with Crippen molar-refractivity contribution in [1.82, 2.24) is 0 Å². The fourth-order valence-corrected chi connectivity index (χ4v) is 5.03. The van der Waals surface area contributed by atoms with Crippen LogP contribution in [0.1, 0.15) is 40.5 Å². The van der Waals surface area contributed by atoms with Gasteiger partial charge in [-0.1, -0.05) is 0 Å². The molecule has 1 aliphatic heterocycles. The number of methoxy groups -OCH3 is 1. The first-order valence-electron chi connectivity index (χ1n) is 15.7. The van der Waals surface area contributed by atoms with Crippen molar-refractivity contribution >= 4 is 17.0 Å². The summed E-state index contributed by atoms with van der Waals surface area (Å²) in [5.41, 5.74) is 1.81. The van der Waals surface area contributed by atoms with Crippen molar-refractivity contribution in [1.29, 1.82) is 0 Å². The molecule has 0 fully saturated rings. The second-order valence-corrected chi connectivity index (χ2v) is 11.2. The Morgan fingerprint density at radius 2 is 1.30 bits per heavy atom. The van der Waals surface area contributed by atoms with Crippen molar-refractivity contribution in [3.63, 3.8) is 0 Å². The number of carbonyl (C=O) groups excluding carboxylic acids is 2. The predicted octanol–water partition coefficient (Wildman–Crippen LogP) is 2.32. The molecule has 3 unspecified atom stereocenters. The molecule has 14 heteroatoms. The molecule has 0 saturated heterocycles. The van der Waals surface area contributed by atoms with Crippen LogP contribution in [0.15, 0.2) is 22.5 Å². The van der Waals surface area contributed by atoms with Crippen LogP contribution in [-0.4, -0.2) is 135 Å². The molecule has 0 N–H and O–H groups in total. The quantitative estimate of drug-likeness (QED) is 0.0743. The molecular formula is C32H52MnO13. The third kappa shape index (κ3) is 14.6. The van der Waals surface area contributed by atoms with Gasteiger partial charge < -0.3 is 37.9 Å². The molecule has 1 aliphatic carbocycles. The van der Waals surface area contributed by atoms with Crippen LogP contribution in [0.5, 0.6) is 0 Å². The van der Waals surface area contributed by atoms with Crippen LogP contribution >= 0.6 is 0 Å². The summed E-state index contributed by atoms with van der Waals surface area (Å²) in [5.74, 6) is -0.229. The first-order valence-corrected chi connectivity index (χ1v) is 16.4. The molecule has 46 heavy (non-hydrogen) atoms. The fourth-order valence-electron chi connectivity index (χ4n) is 4.88.